The molecule has 0 aliphatic rings. The second-order valence-corrected chi connectivity index (χ2v) is 8.81. The molecular formula is C29H32F3N5. The fourth-order valence-electron chi connectivity index (χ4n) is 4.47. The van der Waals surface area contributed by atoms with E-state index in [0.717, 1.165) is 5.56 Å². The standard InChI is InChI=1S/C29H32F3N5/c1-6-11-36-28-22(29(35-5)37-12-10-19(16-33)34-4)15-24(31)26(27(28)32)21-14-17(3)13-18-8-9-23(30)20(7-2)25(18)21/h8-9,13-15,19,34,36H,5-7,10-12H2,1-4H3. The van der Waals surface area contributed by atoms with Gasteiger partial charge in [-0.15, -0.1) is 0 Å². The smallest absolute Gasteiger partial charge is 0.157 e. The molecule has 0 spiro atoms. The summed E-state index contributed by atoms with van der Waals surface area (Å²) in [6.45, 7) is 9.77. The molecule has 8 heteroatoms. The molecule has 0 heterocycles. The number of hydrogen-bond acceptors (Lipinski definition) is 4. The SMILES string of the molecule is C=NC(=NCCC(C#N)NC)c1cc(F)c(-c2cc(C)cc3ccc(F)c(CC)c23)c(F)c1NCCC. The quantitative estimate of drug-likeness (QED) is 0.241. The van der Waals surface area contributed by atoms with Crippen LogP contribution in [0.2, 0.25) is 0 Å². The van der Waals surface area contributed by atoms with Crippen molar-refractivity contribution in [2.45, 2.75) is 46.1 Å². The molecule has 1 atom stereocenters. The third-order valence-corrected chi connectivity index (χ3v) is 6.28. The van der Waals surface area contributed by atoms with E-state index in [4.69, 9.17) is 5.26 Å². The third kappa shape index (κ3) is 5.83. The van der Waals surface area contributed by atoms with E-state index in [1.165, 1.54) is 12.1 Å². The zero-order valence-electron chi connectivity index (χ0n) is 21.7. The zero-order chi connectivity index (χ0) is 27.1. The highest BCUT2D eigenvalue weighted by atomic mass is 19.1. The van der Waals surface area contributed by atoms with Crippen molar-refractivity contribution in [3.8, 4) is 17.2 Å². The molecule has 37 heavy (non-hydrogen) atoms. The number of halogens is 3. The minimum Gasteiger partial charge on any atom is -0.382 e. The van der Waals surface area contributed by atoms with Gasteiger partial charge in [-0.1, -0.05) is 32.0 Å². The van der Waals surface area contributed by atoms with Crippen molar-refractivity contribution in [2.75, 3.05) is 25.5 Å². The van der Waals surface area contributed by atoms with Gasteiger partial charge < -0.3 is 10.6 Å². The molecule has 0 aliphatic carbocycles. The maximum atomic E-state index is 16.3. The highest BCUT2D eigenvalue weighted by Gasteiger charge is 2.25. The zero-order valence-corrected chi connectivity index (χ0v) is 21.7. The molecule has 0 radical (unpaired) electrons. The van der Waals surface area contributed by atoms with Crippen LogP contribution in [0.5, 0.6) is 0 Å². The van der Waals surface area contributed by atoms with Crippen LogP contribution in [0, 0.1) is 35.7 Å². The number of anilines is 1. The Bertz CT molecular complexity index is 1370. The molecule has 0 amide bonds. The highest BCUT2D eigenvalue weighted by Crippen LogP contribution is 2.40. The molecule has 0 fully saturated rings. The monoisotopic (exact) mass is 507 g/mol. The van der Waals surface area contributed by atoms with Gasteiger partial charge in [-0.3, -0.25) is 4.99 Å². The number of benzene rings is 3. The van der Waals surface area contributed by atoms with Crippen LogP contribution in [0.25, 0.3) is 21.9 Å². The van der Waals surface area contributed by atoms with E-state index in [1.807, 2.05) is 26.8 Å². The lowest BCUT2D eigenvalue weighted by atomic mass is 9.90. The minimum atomic E-state index is -0.811. The predicted octanol–water partition coefficient (Wildman–Crippen LogP) is 6.57. The predicted molar refractivity (Wildman–Crippen MR) is 146 cm³/mol. The lowest BCUT2D eigenvalue weighted by Gasteiger charge is -2.19. The Morgan fingerprint density at radius 3 is 2.51 bits per heavy atom. The second-order valence-electron chi connectivity index (χ2n) is 8.81. The molecule has 3 aromatic rings. The van der Waals surface area contributed by atoms with Crippen LogP contribution in [0.1, 0.15) is 43.4 Å². The average molecular weight is 508 g/mol. The Morgan fingerprint density at radius 1 is 1.14 bits per heavy atom. The third-order valence-electron chi connectivity index (χ3n) is 6.28. The first-order valence-electron chi connectivity index (χ1n) is 12.4. The number of aryl methyl sites for hydroxylation is 2. The van der Waals surface area contributed by atoms with Gasteiger partial charge >= 0.3 is 0 Å². The first kappa shape index (κ1) is 27.9. The number of hydrogen-bond donors (Lipinski definition) is 2. The van der Waals surface area contributed by atoms with Gasteiger partial charge in [0.1, 0.15) is 11.6 Å². The normalized spacial score (nSPS) is 12.4. The number of nitrogens with one attached hydrogen (secondary N) is 2. The Hall–Kier alpha value is -3.70. The molecular weight excluding hydrogens is 475 g/mol. The summed E-state index contributed by atoms with van der Waals surface area (Å²) in [5, 5.41) is 16.3. The van der Waals surface area contributed by atoms with E-state index in [9.17, 15) is 4.39 Å². The van der Waals surface area contributed by atoms with Gasteiger partial charge in [0.2, 0.25) is 0 Å². The molecule has 0 aromatic heterocycles. The van der Waals surface area contributed by atoms with Gasteiger partial charge in [-0.05, 0) is 79.5 Å². The Labute approximate surface area is 216 Å². The first-order valence-corrected chi connectivity index (χ1v) is 12.4. The lowest BCUT2D eigenvalue weighted by Crippen LogP contribution is -2.24. The summed E-state index contributed by atoms with van der Waals surface area (Å²) in [7, 11) is 1.67. The van der Waals surface area contributed by atoms with Crippen molar-refractivity contribution in [3.63, 3.8) is 0 Å². The maximum absolute atomic E-state index is 16.3. The van der Waals surface area contributed by atoms with Crippen molar-refractivity contribution in [1.82, 2.24) is 5.32 Å². The summed E-state index contributed by atoms with van der Waals surface area (Å²) >= 11 is 0. The largest absolute Gasteiger partial charge is 0.382 e. The van der Waals surface area contributed by atoms with Crippen molar-refractivity contribution >= 4 is 29.0 Å². The maximum Gasteiger partial charge on any atom is 0.157 e. The van der Waals surface area contributed by atoms with E-state index in [-0.39, 0.29) is 29.2 Å². The molecule has 0 aliphatic heterocycles. The number of fused-ring (bicyclic) bond motifs is 1. The molecule has 0 saturated carbocycles. The molecule has 0 saturated heterocycles. The van der Waals surface area contributed by atoms with Crippen LogP contribution >= 0.6 is 0 Å². The minimum absolute atomic E-state index is 0.0546. The summed E-state index contributed by atoms with van der Waals surface area (Å²) in [6.07, 6.45) is 1.46. The van der Waals surface area contributed by atoms with Crippen molar-refractivity contribution in [3.05, 3.63) is 64.5 Å². The first-order chi connectivity index (χ1) is 17.8. The van der Waals surface area contributed by atoms with E-state index in [2.05, 4.69) is 33.4 Å². The summed E-state index contributed by atoms with van der Waals surface area (Å²) in [5.41, 5.74) is 1.46. The number of nitrogens with zero attached hydrogens (tertiary/aromatic N) is 3. The van der Waals surface area contributed by atoms with E-state index in [0.29, 0.717) is 47.7 Å². The van der Waals surface area contributed by atoms with Crippen molar-refractivity contribution in [1.29, 1.82) is 5.26 Å². The fourth-order valence-corrected chi connectivity index (χ4v) is 4.47. The molecule has 3 rings (SSSR count). The van der Waals surface area contributed by atoms with Crippen LogP contribution in [0.3, 0.4) is 0 Å². The van der Waals surface area contributed by atoms with Crippen LogP contribution in [-0.4, -0.2) is 38.7 Å². The van der Waals surface area contributed by atoms with Crippen LogP contribution < -0.4 is 10.6 Å². The van der Waals surface area contributed by atoms with Gasteiger partial charge in [-0.2, -0.15) is 5.26 Å². The average Bonchev–Trinajstić information content (AvgIpc) is 2.88. The summed E-state index contributed by atoms with van der Waals surface area (Å²) in [5.74, 6) is -1.95. The topological polar surface area (TPSA) is 72.6 Å². The number of nitriles is 1. The van der Waals surface area contributed by atoms with Crippen molar-refractivity contribution < 1.29 is 13.2 Å². The fraction of sp³-hybridized carbons (Fsp3) is 0.345. The number of aliphatic imine (C=N–C) groups is 2. The molecule has 5 nitrogen and oxygen atoms in total. The van der Waals surface area contributed by atoms with Gasteiger partial charge in [0, 0.05) is 18.7 Å². The molecule has 0 bridgehead atoms. The molecule has 3 aromatic carbocycles. The van der Waals surface area contributed by atoms with E-state index in [1.54, 1.807) is 19.2 Å². The van der Waals surface area contributed by atoms with Gasteiger partial charge in [0.25, 0.3) is 0 Å². The number of amidine groups is 1. The summed E-state index contributed by atoms with van der Waals surface area (Å²) in [6, 6.07) is 9.48. The van der Waals surface area contributed by atoms with Gasteiger partial charge in [0.05, 0.1) is 23.4 Å². The van der Waals surface area contributed by atoms with E-state index < -0.39 is 23.5 Å². The Kier molecular flexibility index (Phi) is 9.42. The van der Waals surface area contributed by atoms with Gasteiger partial charge in [0.15, 0.2) is 11.7 Å². The van der Waals surface area contributed by atoms with Crippen LogP contribution in [-0.2, 0) is 6.42 Å². The number of rotatable bonds is 10. The molecule has 1 unspecified atom stereocenters. The van der Waals surface area contributed by atoms with Crippen LogP contribution in [0.4, 0.5) is 18.9 Å². The van der Waals surface area contributed by atoms with Gasteiger partial charge in [-0.25, -0.2) is 18.2 Å². The lowest BCUT2D eigenvalue weighted by molar-refractivity contribution is 0.590. The summed E-state index contributed by atoms with van der Waals surface area (Å²) in [4.78, 5) is 8.31. The Balaban J connectivity index is 2.28. The second kappa shape index (κ2) is 12.5. The molecule has 194 valence electrons. The molecule has 2 N–H and O–H groups in total. The van der Waals surface area contributed by atoms with E-state index >= 15 is 8.78 Å². The van der Waals surface area contributed by atoms with Crippen LogP contribution in [0.15, 0.2) is 40.3 Å². The highest BCUT2D eigenvalue weighted by molar-refractivity contribution is 6.07. The summed E-state index contributed by atoms with van der Waals surface area (Å²) < 4.78 is 46.9. The van der Waals surface area contributed by atoms with Crippen molar-refractivity contribution in [2.24, 2.45) is 9.98 Å². The Morgan fingerprint density at radius 2 is 1.89 bits per heavy atom.